The molecule has 1 unspecified atom stereocenters. The molecule has 0 saturated carbocycles. The average molecular weight is 294 g/mol. The van der Waals surface area contributed by atoms with E-state index in [1.54, 1.807) is 0 Å². The zero-order chi connectivity index (χ0) is 15.7. The molecular weight excluding hydrogens is 276 g/mol. The van der Waals surface area contributed by atoms with Gasteiger partial charge in [-0.1, -0.05) is 48.0 Å². The van der Waals surface area contributed by atoms with E-state index in [9.17, 15) is 4.79 Å². The third-order valence-electron chi connectivity index (χ3n) is 3.90. The molecule has 0 spiro atoms. The van der Waals surface area contributed by atoms with Gasteiger partial charge in [0.2, 0.25) is 0 Å². The fourth-order valence-corrected chi connectivity index (χ4v) is 2.69. The van der Waals surface area contributed by atoms with Gasteiger partial charge in [0.05, 0.1) is 0 Å². The van der Waals surface area contributed by atoms with Crippen molar-refractivity contribution >= 4 is 16.9 Å². The van der Waals surface area contributed by atoms with Crippen molar-refractivity contribution in [1.29, 1.82) is 0 Å². The molecule has 112 valence electrons. The van der Waals surface area contributed by atoms with Crippen LogP contribution in [0, 0.1) is 6.92 Å². The van der Waals surface area contributed by atoms with Crippen LogP contribution in [0.25, 0.3) is 22.2 Å². The number of hydrogen-bond donors (Lipinski definition) is 3. The number of aromatic nitrogens is 1. The largest absolute Gasteiger partial charge is 0.480 e. The minimum atomic E-state index is -0.986. The Morgan fingerprint density at radius 1 is 1.18 bits per heavy atom. The molecule has 1 atom stereocenters. The highest BCUT2D eigenvalue weighted by Gasteiger charge is 2.19. The topological polar surface area (TPSA) is 79.1 Å². The molecule has 0 fully saturated rings. The first-order valence-corrected chi connectivity index (χ1v) is 7.21. The van der Waals surface area contributed by atoms with E-state index in [-0.39, 0.29) is 0 Å². The fraction of sp³-hybridized carbons (Fsp3) is 0.167. The van der Waals surface area contributed by atoms with E-state index >= 15 is 0 Å². The van der Waals surface area contributed by atoms with Crippen LogP contribution in [0.15, 0.2) is 48.5 Å². The Balaban J connectivity index is 2.16. The van der Waals surface area contributed by atoms with Gasteiger partial charge >= 0.3 is 5.97 Å². The van der Waals surface area contributed by atoms with Gasteiger partial charge < -0.3 is 15.8 Å². The molecule has 0 aliphatic rings. The first kappa shape index (κ1) is 14.4. The standard InChI is InChI=1S/C18H18N2O2/c1-11-6-8-12(9-7-11)17-14(10-15(19)18(21)22)13-4-2-3-5-16(13)20-17/h2-9,15,20H,10,19H2,1H3,(H,21,22). The van der Waals surface area contributed by atoms with Crippen molar-refractivity contribution in [3.63, 3.8) is 0 Å². The Bertz CT molecular complexity index is 819. The van der Waals surface area contributed by atoms with Crippen LogP contribution in [-0.2, 0) is 11.2 Å². The Morgan fingerprint density at radius 3 is 2.55 bits per heavy atom. The van der Waals surface area contributed by atoms with E-state index in [0.717, 1.165) is 27.7 Å². The quantitative estimate of drug-likeness (QED) is 0.691. The maximum Gasteiger partial charge on any atom is 0.320 e. The first-order chi connectivity index (χ1) is 10.6. The summed E-state index contributed by atoms with van der Waals surface area (Å²) in [4.78, 5) is 14.5. The summed E-state index contributed by atoms with van der Waals surface area (Å²) in [5, 5.41) is 10.1. The van der Waals surface area contributed by atoms with Crippen LogP contribution in [0.2, 0.25) is 0 Å². The number of fused-ring (bicyclic) bond motifs is 1. The molecule has 1 heterocycles. The first-order valence-electron chi connectivity index (χ1n) is 7.21. The molecule has 0 aliphatic carbocycles. The number of H-pyrrole nitrogens is 1. The molecular formula is C18H18N2O2. The van der Waals surface area contributed by atoms with E-state index in [0.29, 0.717) is 6.42 Å². The van der Waals surface area contributed by atoms with E-state index in [2.05, 4.69) is 4.98 Å². The lowest BCUT2D eigenvalue weighted by Gasteiger charge is -2.09. The average Bonchev–Trinajstić information content (AvgIpc) is 2.87. The number of carboxylic acid groups (broad SMARTS) is 1. The van der Waals surface area contributed by atoms with E-state index < -0.39 is 12.0 Å². The second-order valence-corrected chi connectivity index (χ2v) is 5.54. The van der Waals surface area contributed by atoms with Crippen LogP contribution in [0.3, 0.4) is 0 Å². The second kappa shape index (κ2) is 5.66. The highest BCUT2D eigenvalue weighted by Crippen LogP contribution is 2.31. The van der Waals surface area contributed by atoms with Crippen molar-refractivity contribution in [1.82, 2.24) is 4.98 Å². The van der Waals surface area contributed by atoms with Crippen LogP contribution in [-0.4, -0.2) is 22.1 Å². The lowest BCUT2D eigenvalue weighted by molar-refractivity contribution is -0.138. The number of aliphatic carboxylic acids is 1. The molecule has 22 heavy (non-hydrogen) atoms. The fourth-order valence-electron chi connectivity index (χ4n) is 2.69. The van der Waals surface area contributed by atoms with E-state index in [1.165, 1.54) is 5.56 Å². The number of nitrogens with two attached hydrogens (primary N) is 1. The van der Waals surface area contributed by atoms with E-state index in [1.807, 2.05) is 55.5 Å². The summed E-state index contributed by atoms with van der Waals surface area (Å²) in [5.74, 6) is -0.986. The van der Waals surface area contributed by atoms with E-state index in [4.69, 9.17) is 10.8 Å². The smallest absolute Gasteiger partial charge is 0.320 e. The number of rotatable bonds is 4. The van der Waals surface area contributed by atoms with Gasteiger partial charge in [0.15, 0.2) is 0 Å². The number of aryl methyl sites for hydroxylation is 1. The van der Waals surface area contributed by atoms with Crippen LogP contribution < -0.4 is 5.73 Å². The van der Waals surface area contributed by atoms with Gasteiger partial charge in [0, 0.05) is 23.0 Å². The zero-order valence-electron chi connectivity index (χ0n) is 12.3. The molecule has 0 aliphatic heterocycles. The molecule has 4 N–H and O–H groups in total. The molecule has 3 aromatic rings. The maximum absolute atomic E-state index is 11.1. The second-order valence-electron chi connectivity index (χ2n) is 5.54. The lowest BCUT2D eigenvalue weighted by Crippen LogP contribution is -2.32. The molecule has 4 heteroatoms. The van der Waals surface area contributed by atoms with Crippen LogP contribution in [0.1, 0.15) is 11.1 Å². The Kier molecular flexibility index (Phi) is 3.69. The van der Waals surface area contributed by atoms with Crippen molar-refractivity contribution in [3.05, 3.63) is 59.7 Å². The number of carboxylic acids is 1. The number of carbonyl (C=O) groups is 1. The van der Waals surface area contributed by atoms with Crippen LogP contribution >= 0.6 is 0 Å². The summed E-state index contributed by atoms with van der Waals surface area (Å²) < 4.78 is 0. The predicted octanol–water partition coefficient (Wildman–Crippen LogP) is 3.10. The van der Waals surface area contributed by atoms with Gasteiger partial charge in [-0.3, -0.25) is 4.79 Å². The Labute approximate surface area is 128 Å². The molecule has 0 amide bonds. The maximum atomic E-state index is 11.1. The minimum absolute atomic E-state index is 0.294. The van der Waals surface area contributed by atoms with Crippen molar-refractivity contribution < 1.29 is 9.90 Å². The van der Waals surface area contributed by atoms with Crippen molar-refractivity contribution in [2.24, 2.45) is 5.73 Å². The number of benzene rings is 2. The minimum Gasteiger partial charge on any atom is -0.480 e. The normalized spacial score (nSPS) is 12.5. The SMILES string of the molecule is Cc1ccc(-c2[nH]c3ccccc3c2CC(N)C(=O)O)cc1. The number of hydrogen-bond acceptors (Lipinski definition) is 2. The molecule has 0 bridgehead atoms. The number of para-hydroxylation sites is 1. The highest BCUT2D eigenvalue weighted by molar-refractivity contribution is 5.91. The summed E-state index contributed by atoms with van der Waals surface area (Å²) in [6.45, 7) is 2.04. The van der Waals surface area contributed by atoms with Crippen molar-refractivity contribution in [3.8, 4) is 11.3 Å². The number of nitrogens with one attached hydrogen (secondary N) is 1. The van der Waals surface area contributed by atoms with Crippen LogP contribution in [0.4, 0.5) is 0 Å². The third-order valence-corrected chi connectivity index (χ3v) is 3.90. The van der Waals surface area contributed by atoms with Gasteiger partial charge in [0.25, 0.3) is 0 Å². The van der Waals surface area contributed by atoms with Gasteiger partial charge in [-0.05, 0) is 24.1 Å². The Hall–Kier alpha value is -2.59. The summed E-state index contributed by atoms with van der Waals surface area (Å²) in [6.07, 6.45) is 0.294. The summed E-state index contributed by atoms with van der Waals surface area (Å²) in [6, 6.07) is 15.1. The zero-order valence-corrected chi connectivity index (χ0v) is 12.3. The molecule has 0 radical (unpaired) electrons. The lowest BCUT2D eigenvalue weighted by atomic mass is 9.99. The highest BCUT2D eigenvalue weighted by atomic mass is 16.4. The number of aromatic amines is 1. The predicted molar refractivity (Wildman–Crippen MR) is 87.8 cm³/mol. The summed E-state index contributed by atoms with van der Waals surface area (Å²) in [7, 11) is 0. The Morgan fingerprint density at radius 2 is 1.86 bits per heavy atom. The van der Waals surface area contributed by atoms with Crippen molar-refractivity contribution in [2.75, 3.05) is 0 Å². The monoisotopic (exact) mass is 294 g/mol. The molecule has 1 aromatic heterocycles. The summed E-state index contributed by atoms with van der Waals surface area (Å²) in [5.41, 5.74) is 10.9. The molecule has 2 aromatic carbocycles. The van der Waals surface area contributed by atoms with Gasteiger partial charge in [0.1, 0.15) is 6.04 Å². The van der Waals surface area contributed by atoms with Gasteiger partial charge in [-0.25, -0.2) is 0 Å². The van der Waals surface area contributed by atoms with Crippen molar-refractivity contribution in [2.45, 2.75) is 19.4 Å². The molecule has 3 rings (SSSR count). The summed E-state index contributed by atoms with van der Waals surface area (Å²) >= 11 is 0. The van der Waals surface area contributed by atoms with Crippen LogP contribution in [0.5, 0.6) is 0 Å². The third kappa shape index (κ3) is 2.61. The van der Waals surface area contributed by atoms with Gasteiger partial charge in [-0.15, -0.1) is 0 Å². The molecule has 0 saturated heterocycles. The molecule has 4 nitrogen and oxygen atoms in total. The van der Waals surface area contributed by atoms with Gasteiger partial charge in [-0.2, -0.15) is 0 Å².